The smallest absolute Gasteiger partial charge is 0.267 e. The number of nitrogens with zero attached hydrogens (tertiary/aromatic N) is 1. The summed E-state index contributed by atoms with van der Waals surface area (Å²) in [6.07, 6.45) is 1.49. The first-order chi connectivity index (χ1) is 8.58. The Kier molecular flexibility index (Phi) is 3.90. The summed E-state index contributed by atoms with van der Waals surface area (Å²) in [5.41, 5.74) is 8.23. The number of thiazole rings is 1. The molecular formula is C11H8ClN3OS2. The highest BCUT2D eigenvalue weighted by atomic mass is 35.5. The molecule has 0 aliphatic rings. The number of thiocarbonyl (C=S) groups is 1. The maximum atomic E-state index is 11.8. The number of carbonyl (C=O) groups is 1. The van der Waals surface area contributed by atoms with Gasteiger partial charge in [0.2, 0.25) is 0 Å². The van der Waals surface area contributed by atoms with Crippen molar-refractivity contribution in [2.45, 2.75) is 0 Å². The highest BCUT2D eigenvalue weighted by molar-refractivity contribution is 7.80. The Hall–Kier alpha value is -1.50. The van der Waals surface area contributed by atoms with Crippen LogP contribution in [0.3, 0.4) is 0 Å². The third-order valence-corrected chi connectivity index (χ3v) is 3.49. The second kappa shape index (κ2) is 5.43. The number of benzene rings is 1. The van der Waals surface area contributed by atoms with Gasteiger partial charge in [-0.3, -0.25) is 9.78 Å². The molecule has 2 aromatic rings. The zero-order valence-electron chi connectivity index (χ0n) is 9.01. The number of halogens is 1. The van der Waals surface area contributed by atoms with Crippen molar-refractivity contribution < 1.29 is 4.79 Å². The van der Waals surface area contributed by atoms with E-state index >= 15 is 0 Å². The van der Waals surface area contributed by atoms with Crippen LogP contribution in [-0.4, -0.2) is 15.9 Å². The summed E-state index contributed by atoms with van der Waals surface area (Å²) >= 11 is 12.1. The van der Waals surface area contributed by atoms with E-state index in [1.165, 1.54) is 17.5 Å². The molecule has 0 radical (unpaired) electrons. The minimum Gasteiger partial charge on any atom is -0.389 e. The van der Waals surface area contributed by atoms with Crippen molar-refractivity contribution in [3.8, 4) is 0 Å². The largest absolute Gasteiger partial charge is 0.389 e. The number of carbonyl (C=O) groups excluding carboxylic acids is 1. The predicted molar refractivity (Wildman–Crippen MR) is 77.4 cm³/mol. The van der Waals surface area contributed by atoms with E-state index in [0.29, 0.717) is 21.2 Å². The fraction of sp³-hybridized carbons (Fsp3) is 0. The lowest BCUT2D eigenvalue weighted by molar-refractivity contribution is 0.103. The average molecular weight is 298 g/mol. The Bertz CT molecular complexity index is 598. The molecule has 92 valence electrons. The molecule has 2 rings (SSSR count). The van der Waals surface area contributed by atoms with E-state index in [1.807, 2.05) is 0 Å². The molecule has 1 aromatic heterocycles. The van der Waals surface area contributed by atoms with Gasteiger partial charge in [0.05, 0.1) is 22.4 Å². The van der Waals surface area contributed by atoms with Crippen LogP contribution in [-0.2, 0) is 0 Å². The number of amides is 1. The van der Waals surface area contributed by atoms with E-state index in [1.54, 1.807) is 23.7 Å². The molecule has 3 N–H and O–H groups in total. The van der Waals surface area contributed by atoms with Crippen LogP contribution >= 0.6 is 35.2 Å². The van der Waals surface area contributed by atoms with Gasteiger partial charge in [-0.15, -0.1) is 11.3 Å². The number of nitrogens with one attached hydrogen (secondary N) is 1. The number of aromatic nitrogens is 1. The Labute approximate surface area is 118 Å². The Morgan fingerprint density at radius 3 is 2.89 bits per heavy atom. The van der Waals surface area contributed by atoms with Crippen molar-refractivity contribution in [3.63, 3.8) is 0 Å². The summed E-state index contributed by atoms with van der Waals surface area (Å²) in [4.78, 5) is 16.4. The molecule has 0 saturated heterocycles. The minimum absolute atomic E-state index is 0.250. The quantitative estimate of drug-likeness (QED) is 0.855. The van der Waals surface area contributed by atoms with Crippen LogP contribution in [0.15, 0.2) is 29.9 Å². The number of nitrogens with two attached hydrogens (primary N) is 1. The lowest BCUT2D eigenvalue weighted by atomic mass is 10.2. The van der Waals surface area contributed by atoms with Crippen LogP contribution in [0, 0.1) is 0 Å². The number of hydrogen-bond acceptors (Lipinski definition) is 4. The van der Waals surface area contributed by atoms with Crippen molar-refractivity contribution in [2.24, 2.45) is 5.73 Å². The molecule has 0 unspecified atom stereocenters. The molecule has 18 heavy (non-hydrogen) atoms. The Morgan fingerprint density at radius 2 is 2.28 bits per heavy atom. The second-order valence-electron chi connectivity index (χ2n) is 3.38. The SMILES string of the molecule is NC(=S)c1ccc(Cl)c(NC(=O)c2cncs2)c1. The molecule has 0 aliphatic heterocycles. The highest BCUT2D eigenvalue weighted by Crippen LogP contribution is 2.24. The Balaban J connectivity index is 2.26. The van der Waals surface area contributed by atoms with Crippen LogP contribution < -0.4 is 11.1 Å². The molecule has 0 aliphatic carbocycles. The van der Waals surface area contributed by atoms with Crippen molar-refractivity contribution in [1.82, 2.24) is 4.98 Å². The molecule has 1 heterocycles. The minimum atomic E-state index is -0.264. The molecule has 1 amide bonds. The molecule has 0 fully saturated rings. The van der Waals surface area contributed by atoms with Gasteiger partial charge in [0.25, 0.3) is 5.91 Å². The van der Waals surface area contributed by atoms with Crippen LogP contribution in [0.1, 0.15) is 15.2 Å². The van der Waals surface area contributed by atoms with Crippen molar-refractivity contribution in [1.29, 1.82) is 0 Å². The normalized spacial score (nSPS) is 10.1. The van der Waals surface area contributed by atoms with Gasteiger partial charge in [0, 0.05) is 5.56 Å². The summed E-state index contributed by atoms with van der Waals surface area (Å²) in [5.74, 6) is -0.264. The van der Waals surface area contributed by atoms with E-state index in [9.17, 15) is 4.79 Å². The monoisotopic (exact) mass is 297 g/mol. The summed E-state index contributed by atoms with van der Waals surface area (Å²) in [5, 5.41) is 3.12. The van der Waals surface area contributed by atoms with Crippen molar-refractivity contribution in [3.05, 3.63) is 45.4 Å². The molecule has 0 bridgehead atoms. The summed E-state index contributed by atoms with van der Waals surface area (Å²) in [6, 6.07) is 4.98. The molecule has 0 saturated carbocycles. The fourth-order valence-corrected chi connectivity index (χ4v) is 2.09. The average Bonchev–Trinajstić information content (AvgIpc) is 2.85. The van der Waals surface area contributed by atoms with E-state index in [4.69, 9.17) is 29.6 Å². The lowest BCUT2D eigenvalue weighted by Gasteiger charge is -2.07. The van der Waals surface area contributed by atoms with Crippen molar-refractivity contribution >= 4 is 51.7 Å². The van der Waals surface area contributed by atoms with E-state index in [0.717, 1.165) is 0 Å². The molecule has 4 nitrogen and oxygen atoms in total. The first-order valence-electron chi connectivity index (χ1n) is 4.87. The summed E-state index contributed by atoms with van der Waals surface area (Å²) < 4.78 is 0. The third-order valence-electron chi connectivity index (χ3n) is 2.16. The lowest BCUT2D eigenvalue weighted by Crippen LogP contribution is -2.13. The van der Waals surface area contributed by atoms with Gasteiger partial charge in [0.15, 0.2) is 0 Å². The van der Waals surface area contributed by atoms with E-state index < -0.39 is 0 Å². The summed E-state index contributed by atoms with van der Waals surface area (Å²) in [6.45, 7) is 0. The zero-order valence-corrected chi connectivity index (χ0v) is 11.4. The molecule has 1 aromatic carbocycles. The molecule has 7 heteroatoms. The van der Waals surface area contributed by atoms with Crippen LogP contribution in [0.2, 0.25) is 5.02 Å². The topological polar surface area (TPSA) is 68.0 Å². The van der Waals surface area contributed by atoms with Gasteiger partial charge in [-0.25, -0.2) is 0 Å². The Morgan fingerprint density at radius 1 is 1.50 bits per heavy atom. The van der Waals surface area contributed by atoms with Gasteiger partial charge < -0.3 is 11.1 Å². The predicted octanol–water partition coefficient (Wildman–Crippen LogP) is 2.68. The van der Waals surface area contributed by atoms with Gasteiger partial charge in [-0.2, -0.15) is 0 Å². The third kappa shape index (κ3) is 2.84. The molecule has 0 atom stereocenters. The van der Waals surface area contributed by atoms with Gasteiger partial charge >= 0.3 is 0 Å². The van der Waals surface area contributed by atoms with Gasteiger partial charge in [-0.1, -0.05) is 29.9 Å². The first-order valence-corrected chi connectivity index (χ1v) is 6.53. The zero-order chi connectivity index (χ0) is 13.1. The fourth-order valence-electron chi connectivity index (χ4n) is 1.29. The van der Waals surface area contributed by atoms with E-state index in [2.05, 4.69) is 10.3 Å². The number of anilines is 1. The van der Waals surface area contributed by atoms with Crippen LogP contribution in [0.25, 0.3) is 0 Å². The summed E-state index contributed by atoms with van der Waals surface area (Å²) in [7, 11) is 0. The molecule has 0 spiro atoms. The maximum absolute atomic E-state index is 11.8. The van der Waals surface area contributed by atoms with Crippen molar-refractivity contribution in [2.75, 3.05) is 5.32 Å². The first kappa shape index (κ1) is 12.9. The number of rotatable bonds is 3. The maximum Gasteiger partial charge on any atom is 0.267 e. The van der Waals surface area contributed by atoms with Gasteiger partial charge in [-0.05, 0) is 12.1 Å². The van der Waals surface area contributed by atoms with Crippen LogP contribution in [0.5, 0.6) is 0 Å². The number of hydrogen-bond donors (Lipinski definition) is 2. The van der Waals surface area contributed by atoms with Crippen LogP contribution in [0.4, 0.5) is 5.69 Å². The molecular weight excluding hydrogens is 290 g/mol. The second-order valence-corrected chi connectivity index (χ2v) is 5.11. The van der Waals surface area contributed by atoms with E-state index in [-0.39, 0.29) is 10.9 Å². The standard InChI is InChI=1S/C11H8ClN3OS2/c12-7-2-1-6(10(13)17)3-8(7)15-11(16)9-4-14-5-18-9/h1-5H,(H2,13,17)(H,15,16). The highest BCUT2D eigenvalue weighted by Gasteiger charge is 2.11. The van der Waals surface area contributed by atoms with Gasteiger partial charge in [0.1, 0.15) is 9.87 Å².